The number of carbonyl (C=O) groups is 1. The first-order chi connectivity index (χ1) is 12.5. The van der Waals surface area contributed by atoms with Crippen LogP contribution >= 0.6 is 0 Å². The monoisotopic (exact) mass is 351 g/mol. The maximum absolute atomic E-state index is 13.3. The lowest BCUT2D eigenvalue weighted by atomic mass is 9.81. The Balaban J connectivity index is 1.70. The molecule has 3 aliphatic heterocycles. The number of rotatable bonds is 4. The van der Waals surface area contributed by atoms with Gasteiger partial charge < -0.3 is 9.84 Å². The average Bonchev–Trinajstić information content (AvgIpc) is 2.69. The molecule has 4 heteroatoms. The molecule has 0 amide bonds. The number of hydrogen-bond acceptors (Lipinski definition) is 4. The molecule has 1 atom stereocenters. The fourth-order valence-electron chi connectivity index (χ4n) is 4.42. The summed E-state index contributed by atoms with van der Waals surface area (Å²) in [6.07, 6.45) is 3.15. The highest BCUT2D eigenvalue weighted by Crippen LogP contribution is 2.41. The summed E-state index contributed by atoms with van der Waals surface area (Å²) < 4.78 is 6.02. The van der Waals surface area contributed by atoms with E-state index in [-0.39, 0.29) is 0 Å². The zero-order valence-corrected chi connectivity index (χ0v) is 15.1. The van der Waals surface area contributed by atoms with Crippen LogP contribution in [0.4, 0.5) is 0 Å². The minimum absolute atomic E-state index is 0.524. The van der Waals surface area contributed by atoms with Crippen molar-refractivity contribution in [1.29, 1.82) is 0 Å². The standard InChI is InChI=1S/C22H25NO3/c1-21(16-17-12-14-23(21)15-13-17)26-20(24)22(25,18-8-4-2-5-9-18)19-10-6-3-7-11-19/h2-11,17,25H,12-16H2,1H3. The second-order valence-electron chi connectivity index (χ2n) is 7.64. The Morgan fingerprint density at radius 1 is 1.04 bits per heavy atom. The molecule has 1 N–H and O–H groups in total. The first-order valence-corrected chi connectivity index (χ1v) is 9.34. The van der Waals surface area contributed by atoms with Crippen molar-refractivity contribution in [2.75, 3.05) is 13.1 Å². The van der Waals surface area contributed by atoms with Gasteiger partial charge in [0.25, 0.3) is 0 Å². The van der Waals surface area contributed by atoms with Crippen LogP contribution in [0.2, 0.25) is 0 Å². The Bertz CT molecular complexity index is 729. The van der Waals surface area contributed by atoms with Gasteiger partial charge in [0.2, 0.25) is 5.60 Å². The van der Waals surface area contributed by atoms with Gasteiger partial charge in [-0.25, -0.2) is 4.79 Å². The summed E-state index contributed by atoms with van der Waals surface area (Å²) in [7, 11) is 0. The fraction of sp³-hybridized carbons (Fsp3) is 0.409. The van der Waals surface area contributed by atoms with E-state index in [4.69, 9.17) is 4.74 Å². The van der Waals surface area contributed by atoms with Gasteiger partial charge in [-0.1, -0.05) is 60.7 Å². The molecule has 3 aliphatic rings. The van der Waals surface area contributed by atoms with Crippen molar-refractivity contribution in [1.82, 2.24) is 4.90 Å². The van der Waals surface area contributed by atoms with Crippen LogP contribution in [0.15, 0.2) is 60.7 Å². The van der Waals surface area contributed by atoms with Gasteiger partial charge in [-0.15, -0.1) is 0 Å². The van der Waals surface area contributed by atoms with Crippen molar-refractivity contribution in [3.05, 3.63) is 71.8 Å². The zero-order chi connectivity index (χ0) is 18.2. The molecule has 136 valence electrons. The first kappa shape index (κ1) is 17.3. The van der Waals surface area contributed by atoms with E-state index in [1.54, 1.807) is 24.3 Å². The molecular weight excluding hydrogens is 326 g/mol. The Morgan fingerprint density at radius 2 is 1.54 bits per heavy atom. The quantitative estimate of drug-likeness (QED) is 0.859. The molecule has 3 heterocycles. The lowest BCUT2D eigenvalue weighted by Crippen LogP contribution is -2.60. The molecule has 2 aromatic carbocycles. The summed E-state index contributed by atoms with van der Waals surface area (Å²) >= 11 is 0. The summed E-state index contributed by atoms with van der Waals surface area (Å²) in [6.45, 7) is 3.87. The number of hydrogen-bond donors (Lipinski definition) is 1. The summed E-state index contributed by atoms with van der Waals surface area (Å²) in [5.41, 5.74) is -1.41. The number of carbonyl (C=O) groups excluding carboxylic acids is 1. The summed E-state index contributed by atoms with van der Waals surface area (Å²) in [5, 5.41) is 11.5. The van der Waals surface area contributed by atoms with Crippen LogP contribution in [-0.2, 0) is 15.1 Å². The van der Waals surface area contributed by atoms with Gasteiger partial charge in [0, 0.05) is 19.5 Å². The predicted octanol–water partition coefficient (Wildman–Crippen LogP) is 3.30. The average molecular weight is 351 g/mol. The maximum Gasteiger partial charge on any atom is 0.349 e. The normalized spacial score (nSPS) is 27.9. The van der Waals surface area contributed by atoms with Gasteiger partial charge in [0.15, 0.2) is 5.72 Å². The number of aliphatic hydroxyl groups is 1. The third-order valence-corrected chi connectivity index (χ3v) is 5.94. The van der Waals surface area contributed by atoms with E-state index in [1.165, 1.54) is 0 Å². The van der Waals surface area contributed by atoms with E-state index < -0.39 is 17.3 Å². The van der Waals surface area contributed by atoms with Gasteiger partial charge in [-0.3, -0.25) is 4.90 Å². The number of esters is 1. The van der Waals surface area contributed by atoms with Gasteiger partial charge in [0.1, 0.15) is 0 Å². The second-order valence-corrected chi connectivity index (χ2v) is 7.64. The van der Waals surface area contributed by atoms with Crippen molar-refractivity contribution >= 4 is 5.97 Å². The zero-order valence-electron chi connectivity index (χ0n) is 15.1. The highest BCUT2D eigenvalue weighted by atomic mass is 16.6. The smallest absolute Gasteiger partial charge is 0.349 e. The Kier molecular flexibility index (Phi) is 4.33. The van der Waals surface area contributed by atoms with E-state index in [0.29, 0.717) is 17.0 Å². The number of piperidine rings is 3. The minimum atomic E-state index is -1.82. The van der Waals surface area contributed by atoms with Crippen LogP contribution in [0.5, 0.6) is 0 Å². The molecule has 3 fully saturated rings. The van der Waals surface area contributed by atoms with Gasteiger partial charge in [-0.2, -0.15) is 0 Å². The van der Waals surface area contributed by atoms with E-state index in [2.05, 4.69) is 4.90 Å². The second kappa shape index (κ2) is 6.53. The molecule has 5 rings (SSSR count). The van der Waals surface area contributed by atoms with Crippen molar-refractivity contribution < 1.29 is 14.6 Å². The molecule has 2 aromatic rings. The van der Waals surface area contributed by atoms with Crippen LogP contribution in [-0.4, -0.2) is 34.8 Å². The molecule has 0 radical (unpaired) electrons. The summed E-state index contributed by atoms with van der Waals surface area (Å²) in [5.74, 6) is -0.00991. The number of fused-ring (bicyclic) bond motifs is 3. The molecule has 0 aromatic heterocycles. The minimum Gasteiger partial charge on any atom is -0.441 e. The lowest BCUT2D eigenvalue weighted by molar-refractivity contribution is -0.218. The molecule has 2 bridgehead atoms. The molecule has 0 aliphatic carbocycles. The number of nitrogens with zero attached hydrogens (tertiary/aromatic N) is 1. The summed E-state index contributed by atoms with van der Waals surface area (Å²) in [6, 6.07) is 18.1. The number of benzene rings is 2. The van der Waals surface area contributed by atoms with Gasteiger partial charge >= 0.3 is 5.97 Å². The third kappa shape index (κ3) is 2.83. The Hall–Kier alpha value is -2.17. The highest BCUT2D eigenvalue weighted by molar-refractivity contribution is 5.85. The molecule has 4 nitrogen and oxygen atoms in total. The van der Waals surface area contributed by atoms with E-state index in [9.17, 15) is 9.90 Å². The SMILES string of the molecule is CC1(OC(=O)C(O)(c2ccccc2)c2ccccc2)CC2CCN1CC2. The van der Waals surface area contributed by atoms with Crippen LogP contribution in [0, 0.1) is 5.92 Å². The Morgan fingerprint density at radius 3 is 1.96 bits per heavy atom. The molecule has 3 saturated heterocycles. The summed E-state index contributed by atoms with van der Waals surface area (Å²) in [4.78, 5) is 15.6. The topological polar surface area (TPSA) is 49.8 Å². The molecule has 26 heavy (non-hydrogen) atoms. The largest absolute Gasteiger partial charge is 0.441 e. The number of ether oxygens (including phenoxy) is 1. The molecule has 1 unspecified atom stereocenters. The lowest BCUT2D eigenvalue weighted by Gasteiger charge is -2.52. The highest BCUT2D eigenvalue weighted by Gasteiger charge is 2.50. The fourth-order valence-corrected chi connectivity index (χ4v) is 4.42. The first-order valence-electron chi connectivity index (χ1n) is 9.34. The van der Waals surface area contributed by atoms with Gasteiger partial charge in [-0.05, 0) is 36.8 Å². The predicted molar refractivity (Wildman–Crippen MR) is 99.3 cm³/mol. The van der Waals surface area contributed by atoms with Crippen LogP contribution in [0.3, 0.4) is 0 Å². The van der Waals surface area contributed by atoms with Crippen LogP contribution in [0.1, 0.15) is 37.3 Å². The van der Waals surface area contributed by atoms with E-state index in [1.807, 2.05) is 43.3 Å². The molecular formula is C22H25NO3. The van der Waals surface area contributed by atoms with Crippen LogP contribution in [0.25, 0.3) is 0 Å². The third-order valence-electron chi connectivity index (χ3n) is 5.94. The van der Waals surface area contributed by atoms with Crippen molar-refractivity contribution in [3.63, 3.8) is 0 Å². The van der Waals surface area contributed by atoms with Crippen molar-refractivity contribution in [2.45, 2.75) is 37.5 Å². The molecule has 0 spiro atoms. The molecule has 0 saturated carbocycles. The van der Waals surface area contributed by atoms with E-state index >= 15 is 0 Å². The van der Waals surface area contributed by atoms with E-state index in [0.717, 1.165) is 32.4 Å². The van der Waals surface area contributed by atoms with Crippen molar-refractivity contribution in [2.24, 2.45) is 5.92 Å². The van der Waals surface area contributed by atoms with Crippen molar-refractivity contribution in [3.8, 4) is 0 Å². The Labute approximate surface area is 154 Å². The maximum atomic E-state index is 13.3. The van der Waals surface area contributed by atoms with Crippen LogP contribution < -0.4 is 0 Å². The van der Waals surface area contributed by atoms with Gasteiger partial charge in [0.05, 0.1) is 0 Å².